The second-order valence-corrected chi connectivity index (χ2v) is 8.21. The van der Waals surface area contributed by atoms with Gasteiger partial charge in [0.25, 0.3) is 5.91 Å². The van der Waals surface area contributed by atoms with Gasteiger partial charge in [0, 0.05) is 47.6 Å². The molecule has 4 rings (SSSR count). The Morgan fingerprint density at radius 2 is 1.76 bits per heavy atom. The molecule has 6 nitrogen and oxygen atoms in total. The van der Waals surface area contributed by atoms with Crippen molar-refractivity contribution in [3.05, 3.63) is 58.7 Å². The standard InChI is InChI=1S/C23H28N4O2/c1-15-20(13-21(28)26-19-10-11-19)16(2)25-22(24-15)18-9-6-12-27(14-18)23(29)17-7-4-3-5-8-17/h3-5,7-8,18-19H,6,9-14H2,1-2H3,(H,26,28)/t18-/m1/s1. The Labute approximate surface area is 171 Å². The molecule has 1 aromatic heterocycles. The second kappa shape index (κ2) is 8.31. The van der Waals surface area contributed by atoms with E-state index in [0.29, 0.717) is 19.0 Å². The molecule has 29 heavy (non-hydrogen) atoms. The van der Waals surface area contributed by atoms with E-state index in [1.165, 1.54) is 0 Å². The smallest absolute Gasteiger partial charge is 0.253 e. The largest absolute Gasteiger partial charge is 0.353 e. The highest BCUT2D eigenvalue weighted by molar-refractivity contribution is 5.94. The number of nitrogens with one attached hydrogen (secondary N) is 1. The van der Waals surface area contributed by atoms with Gasteiger partial charge in [-0.15, -0.1) is 0 Å². The Morgan fingerprint density at radius 3 is 2.41 bits per heavy atom. The van der Waals surface area contributed by atoms with E-state index in [9.17, 15) is 9.59 Å². The van der Waals surface area contributed by atoms with Crippen molar-refractivity contribution in [3.8, 4) is 0 Å². The molecule has 2 aliphatic rings. The summed E-state index contributed by atoms with van der Waals surface area (Å²) >= 11 is 0. The Kier molecular flexibility index (Phi) is 5.60. The number of benzene rings is 1. The summed E-state index contributed by atoms with van der Waals surface area (Å²) in [5.74, 6) is 1.03. The molecule has 152 valence electrons. The number of nitrogens with zero attached hydrogens (tertiary/aromatic N) is 3. The van der Waals surface area contributed by atoms with Crippen LogP contribution in [0.2, 0.25) is 0 Å². The quantitative estimate of drug-likeness (QED) is 0.849. The van der Waals surface area contributed by atoms with Crippen molar-refractivity contribution in [2.75, 3.05) is 13.1 Å². The second-order valence-electron chi connectivity index (χ2n) is 8.21. The Morgan fingerprint density at radius 1 is 1.07 bits per heavy atom. The zero-order valence-electron chi connectivity index (χ0n) is 17.1. The zero-order valence-corrected chi connectivity index (χ0v) is 17.1. The average molecular weight is 393 g/mol. The van der Waals surface area contributed by atoms with Crippen molar-refractivity contribution in [2.45, 2.75) is 57.9 Å². The van der Waals surface area contributed by atoms with Gasteiger partial charge in [-0.05, 0) is 51.7 Å². The molecule has 1 aromatic carbocycles. The number of piperidine rings is 1. The van der Waals surface area contributed by atoms with Gasteiger partial charge in [0.05, 0.1) is 6.42 Å². The average Bonchev–Trinajstić information content (AvgIpc) is 3.54. The molecule has 1 aliphatic carbocycles. The van der Waals surface area contributed by atoms with E-state index in [0.717, 1.165) is 60.6 Å². The summed E-state index contributed by atoms with van der Waals surface area (Å²) in [6.07, 6.45) is 4.41. The molecule has 1 N–H and O–H groups in total. The summed E-state index contributed by atoms with van der Waals surface area (Å²) in [4.78, 5) is 36.4. The topological polar surface area (TPSA) is 75.2 Å². The molecule has 0 bridgehead atoms. The van der Waals surface area contributed by atoms with Gasteiger partial charge < -0.3 is 10.2 Å². The fraction of sp³-hybridized carbons (Fsp3) is 0.478. The van der Waals surface area contributed by atoms with Crippen molar-refractivity contribution < 1.29 is 9.59 Å². The minimum Gasteiger partial charge on any atom is -0.353 e. The maximum Gasteiger partial charge on any atom is 0.253 e. The van der Waals surface area contributed by atoms with E-state index >= 15 is 0 Å². The van der Waals surface area contributed by atoms with Gasteiger partial charge >= 0.3 is 0 Å². The molecule has 2 heterocycles. The number of likely N-dealkylation sites (tertiary alicyclic amines) is 1. The van der Waals surface area contributed by atoms with Gasteiger partial charge in [-0.2, -0.15) is 0 Å². The van der Waals surface area contributed by atoms with E-state index < -0.39 is 0 Å². The van der Waals surface area contributed by atoms with Gasteiger partial charge in [0.1, 0.15) is 5.82 Å². The van der Waals surface area contributed by atoms with Gasteiger partial charge in [-0.25, -0.2) is 9.97 Å². The van der Waals surface area contributed by atoms with Crippen molar-refractivity contribution in [3.63, 3.8) is 0 Å². The van der Waals surface area contributed by atoms with Crippen molar-refractivity contribution in [2.24, 2.45) is 0 Å². The molecule has 1 saturated carbocycles. The van der Waals surface area contributed by atoms with Crippen LogP contribution in [0.1, 0.15) is 64.7 Å². The monoisotopic (exact) mass is 392 g/mol. The van der Waals surface area contributed by atoms with Crippen LogP contribution >= 0.6 is 0 Å². The number of carbonyl (C=O) groups is 2. The van der Waals surface area contributed by atoms with Crippen LogP contribution in [0.5, 0.6) is 0 Å². The van der Waals surface area contributed by atoms with Crippen LogP contribution in [0.4, 0.5) is 0 Å². The first-order valence-electron chi connectivity index (χ1n) is 10.5. The number of aryl methyl sites for hydroxylation is 2. The third-order valence-corrected chi connectivity index (χ3v) is 5.81. The fourth-order valence-electron chi connectivity index (χ4n) is 4.01. The van der Waals surface area contributed by atoms with Crippen molar-refractivity contribution >= 4 is 11.8 Å². The lowest BCUT2D eigenvalue weighted by atomic mass is 9.95. The summed E-state index contributed by atoms with van der Waals surface area (Å²) in [5, 5.41) is 3.03. The summed E-state index contributed by atoms with van der Waals surface area (Å²) in [6.45, 7) is 5.30. The number of hydrogen-bond donors (Lipinski definition) is 1. The first kappa shape index (κ1) is 19.6. The maximum absolute atomic E-state index is 12.8. The van der Waals surface area contributed by atoms with E-state index in [2.05, 4.69) is 5.32 Å². The summed E-state index contributed by atoms with van der Waals surface area (Å²) < 4.78 is 0. The minimum atomic E-state index is 0.0485. The van der Waals surface area contributed by atoms with Crippen LogP contribution < -0.4 is 5.32 Å². The SMILES string of the molecule is Cc1nc([C@@H]2CCCN(C(=O)c3ccccc3)C2)nc(C)c1CC(=O)NC1CC1. The van der Waals surface area contributed by atoms with Crippen LogP contribution in [0.25, 0.3) is 0 Å². The van der Waals surface area contributed by atoms with Gasteiger partial charge in [0.2, 0.25) is 5.91 Å². The Hall–Kier alpha value is -2.76. The number of carbonyl (C=O) groups excluding carboxylic acids is 2. The predicted octanol–water partition coefficient (Wildman–Crippen LogP) is 2.93. The molecular weight excluding hydrogens is 364 g/mol. The highest BCUT2D eigenvalue weighted by atomic mass is 16.2. The molecular formula is C23H28N4O2. The van der Waals surface area contributed by atoms with Crippen LogP contribution in [-0.2, 0) is 11.2 Å². The van der Waals surface area contributed by atoms with Crippen LogP contribution in [0.15, 0.2) is 30.3 Å². The summed E-state index contributed by atoms with van der Waals surface area (Å²) in [7, 11) is 0. The molecule has 2 amide bonds. The summed E-state index contributed by atoms with van der Waals surface area (Å²) in [5.41, 5.74) is 3.37. The zero-order chi connectivity index (χ0) is 20.4. The Balaban J connectivity index is 1.47. The van der Waals surface area contributed by atoms with Gasteiger partial charge in [-0.1, -0.05) is 18.2 Å². The van der Waals surface area contributed by atoms with E-state index in [-0.39, 0.29) is 17.7 Å². The predicted molar refractivity (Wildman–Crippen MR) is 111 cm³/mol. The van der Waals surface area contributed by atoms with Crippen LogP contribution in [0, 0.1) is 13.8 Å². The highest BCUT2D eigenvalue weighted by Gasteiger charge is 2.28. The number of amides is 2. The number of hydrogen-bond acceptors (Lipinski definition) is 4. The molecule has 6 heteroatoms. The van der Waals surface area contributed by atoms with E-state index in [1.807, 2.05) is 49.1 Å². The number of rotatable bonds is 5. The highest BCUT2D eigenvalue weighted by Crippen LogP contribution is 2.27. The molecule has 0 spiro atoms. The van der Waals surface area contributed by atoms with E-state index in [1.54, 1.807) is 0 Å². The lowest BCUT2D eigenvalue weighted by molar-refractivity contribution is -0.120. The normalized spacial score (nSPS) is 19.1. The van der Waals surface area contributed by atoms with Gasteiger partial charge in [0.15, 0.2) is 0 Å². The molecule has 1 atom stereocenters. The lowest BCUT2D eigenvalue weighted by Gasteiger charge is -2.32. The summed E-state index contributed by atoms with van der Waals surface area (Å²) in [6, 6.07) is 9.78. The maximum atomic E-state index is 12.8. The minimum absolute atomic E-state index is 0.0485. The molecule has 0 unspecified atom stereocenters. The fourth-order valence-corrected chi connectivity index (χ4v) is 4.01. The van der Waals surface area contributed by atoms with Crippen molar-refractivity contribution in [1.82, 2.24) is 20.2 Å². The van der Waals surface area contributed by atoms with Crippen molar-refractivity contribution in [1.29, 1.82) is 0 Å². The third-order valence-electron chi connectivity index (χ3n) is 5.81. The van der Waals surface area contributed by atoms with Crippen LogP contribution in [-0.4, -0.2) is 45.8 Å². The third kappa shape index (κ3) is 4.63. The lowest BCUT2D eigenvalue weighted by Crippen LogP contribution is -2.39. The molecule has 2 aromatic rings. The number of aromatic nitrogens is 2. The van der Waals surface area contributed by atoms with Gasteiger partial charge in [-0.3, -0.25) is 9.59 Å². The van der Waals surface area contributed by atoms with E-state index in [4.69, 9.17) is 9.97 Å². The van der Waals surface area contributed by atoms with Crippen LogP contribution in [0.3, 0.4) is 0 Å². The Bertz CT molecular complexity index is 885. The molecule has 0 radical (unpaired) electrons. The first-order valence-corrected chi connectivity index (χ1v) is 10.5. The first-order chi connectivity index (χ1) is 14.0. The molecule has 1 saturated heterocycles. The molecule has 1 aliphatic heterocycles. The molecule has 2 fully saturated rings.